The van der Waals surface area contributed by atoms with Gasteiger partial charge in [-0.05, 0) is 13.3 Å². The van der Waals surface area contributed by atoms with E-state index in [0.717, 1.165) is 13.2 Å². The van der Waals surface area contributed by atoms with Gasteiger partial charge in [0.15, 0.2) is 0 Å². The Bertz CT molecular complexity index is 108. The Morgan fingerprint density at radius 3 is 1.61 bits per heavy atom. The van der Waals surface area contributed by atoms with Crippen molar-refractivity contribution < 1.29 is 24.4 Å². The highest BCUT2D eigenvalue weighted by Crippen LogP contribution is 1.92. The molecule has 0 aromatic carbocycles. The fraction of sp³-hybridized carbons (Fsp3) is 1.00. The fourth-order valence-electron chi connectivity index (χ4n) is 1.05. The van der Waals surface area contributed by atoms with Gasteiger partial charge in [-0.25, -0.2) is 0 Å². The summed E-state index contributed by atoms with van der Waals surface area (Å²) in [5.74, 6) is 0. The fourth-order valence-corrected chi connectivity index (χ4v) is 1.05. The number of ether oxygens (including phenoxy) is 3. The third-order valence-corrected chi connectivity index (χ3v) is 1.94. The van der Waals surface area contributed by atoms with Gasteiger partial charge in [0, 0.05) is 13.2 Å². The molecule has 0 unspecified atom stereocenters. The van der Waals surface area contributed by atoms with Crippen LogP contribution in [0.3, 0.4) is 0 Å². The molecule has 0 rings (SSSR count). The molecule has 0 aliphatic heterocycles. The van der Waals surface area contributed by atoms with Crippen molar-refractivity contribution in [3.8, 4) is 0 Å². The number of aliphatic hydroxyl groups excluding tert-OH is 2. The summed E-state index contributed by atoms with van der Waals surface area (Å²) < 4.78 is 14.9. The van der Waals surface area contributed by atoms with Crippen LogP contribution in [-0.4, -0.2) is 63.1 Å². The minimum atomic E-state index is 0.0417. The molecule has 112 valence electrons. The Kier molecular flexibility index (Phi) is 24.6. The molecule has 0 atom stereocenters. The largest absolute Gasteiger partial charge is 0.394 e. The first-order chi connectivity index (χ1) is 8.83. The molecule has 0 aromatic heterocycles. The summed E-state index contributed by atoms with van der Waals surface area (Å²) in [6, 6.07) is 0. The van der Waals surface area contributed by atoms with Gasteiger partial charge in [-0.15, -0.1) is 0 Å². The van der Waals surface area contributed by atoms with Crippen molar-refractivity contribution in [2.75, 3.05) is 52.9 Å². The summed E-state index contributed by atoms with van der Waals surface area (Å²) in [7, 11) is 0. The first-order valence-electron chi connectivity index (χ1n) is 6.78. The predicted molar refractivity (Wildman–Crippen MR) is 71.8 cm³/mol. The number of hydrogen-bond acceptors (Lipinski definition) is 5. The monoisotopic (exact) mass is 266 g/mol. The van der Waals surface area contributed by atoms with E-state index in [9.17, 15) is 0 Å². The zero-order chi connectivity index (χ0) is 13.9. The molecule has 0 saturated carbocycles. The summed E-state index contributed by atoms with van der Waals surface area (Å²) in [5.41, 5.74) is 0. The third kappa shape index (κ3) is 24.9. The minimum Gasteiger partial charge on any atom is -0.394 e. The van der Waals surface area contributed by atoms with Gasteiger partial charge >= 0.3 is 0 Å². The highest BCUT2D eigenvalue weighted by molar-refractivity contribution is 4.34. The maximum atomic E-state index is 8.26. The van der Waals surface area contributed by atoms with E-state index in [1.807, 2.05) is 6.92 Å². The normalized spacial score (nSPS) is 10.0. The highest BCUT2D eigenvalue weighted by Gasteiger charge is 1.86. The molecule has 0 radical (unpaired) electrons. The van der Waals surface area contributed by atoms with Gasteiger partial charge in [0.05, 0.1) is 39.6 Å². The second-order valence-corrected chi connectivity index (χ2v) is 3.58. The van der Waals surface area contributed by atoms with E-state index in [-0.39, 0.29) is 13.2 Å². The van der Waals surface area contributed by atoms with Crippen LogP contribution in [-0.2, 0) is 14.2 Å². The van der Waals surface area contributed by atoms with Gasteiger partial charge in [0.2, 0.25) is 0 Å². The molecule has 0 aromatic rings. The molecule has 0 amide bonds. The molecule has 0 heterocycles. The van der Waals surface area contributed by atoms with Crippen molar-refractivity contribution in [3.63, 3.8) is 0 Å². The molecule has 0 bridgehead atoms. The molecule has 18 heavy (non-hydrogen) atoms. The molecule has 0 fully saturated rings. The van der Waals surface area contributed by atoms with Crippen molar-refractivity contribution in [2.24, 2.45) is 0 Å². The summed E-state index contributed by atoms with van der Waals surface area (Å²) in [5, 5.41) is 16.5. The van der Waals surface area contributed by atoms with E-state index in [1.54, 1.807) is 0 Å². The van der Waals surface area contributed by atoms with Gasteiger partial charge in [0.1, 0.15) is 0 Å². The second-order valence-electron chi connectivity index (χ2n) is 3.58. The lowest BCUT2D eigenvalue weighted by atomic mass is 10.3. The highest BCUT2D eigenvalue weighted by atomic mass is 16.5. The Labute approximate surface area is 111 Å². The van der Waals surface area contributed by atoms with Crippen molar-refractivity contribution >= 4 is 0 Å². The van der Waals surface area contributed by atoms with Crippen molar-refractivity contribution in [3.05, 3.63) is 0 Å². The van der Waals surface area contributed by atoms with Crippen LogP contribution in [0.5, 0.6) is 0 Å². The molecule has 5 nitrogen and oxygen atoms in total. The van der Waals surface area contributed by atoms with Crippen LogP contribution in [0.1, 0.15) is 33.1 Å². The zero-order valence-electron chi connectivity index (χ0n) is 11.9. The molecule has 0 aliphatic carbocycles. The van der Waals surface area contributed by atoms with Crippen molar-refractivity contribution in [1.29, 1.82) is 0 Å². The molecule has 0 aliphatic rings. The molecular formula is C13H30O5. The molecule has 0 spiro atoms. The lowest BCUT2D eigenvalue weighted by Crippen LogP contribution is -2.09. The topological polar surface area (TPSA) is 68.2 Å². The van der Waals surface area contributed by atoms with Gasteiger partial charge < -0.3 is 24.4 Å². The number of hydrogen-bond donors (Lipinski definition) is 2. The summed E-state index contributed by atoms with van der Waals surface area (Å²) in [6.45, 7) is 7.78. The number of unbranched alkanes of at least 4 members (excludes halogenated alkanes) is 2. The van der Waals surface area contributed by atoms with Crippen LogP contribution in [0.15, 0.2) is 0 Å². The predicted octanol–water partition coefficient (Wildman–Crippen LogP) is 1.22. The number of rotatable bonds is 12. The lowest BCUT2D eigenvalue weighted by Gasteiger charge is -2.01. The van der Waals surface area contributed by atoms with E-state index < -0.39 is 0 Å². The summed E-state index contributed by atoms with van der Waals surface area (Å²) >= 11 is 0. The Hall–Kier alpha value is -0.200. The molecular weight excluding hydrogens is 236 g/mol. The average molecular weight is 266 g/mol. The maximum Gasteiger partial charge on any atom is 0.0701 e. The van der Waals surface area contributed by atoms with Gasteiger partial charge in [-0.1, -0.05) is 19.8 Å². The zero-order valence-corrected chi connectivity index (χ0v) is 11.9. The first kappa shape index (κ1) is 20.1. The first-order valence-corrected chi connectivity index (χ1v) is 6.78. The maximum absolute atomic E-state index is 8.26. The molecule has 5 heteroatoms. The van der Waals surface area contributed by atoms with Crippen LogP contribution in [0.4, 0.5) is 0 Å². The average Bonchev–Trinajstić information content (AvgIpc) is 2.40. The van der Waals surface area contributed by atoms with E-state index in [4.69, 9.17) is 24.4 Å². The van der Waals surface area contributed by atoms with Crippen LogP contribution in [0.2, 0.25) is 0 Å². The number of aliphatic hydroxyl groups is 2. The molecule has 2 N–H and O–H groups in total. The van der Waals surface area contributed by atoms with E-state index in [1.165, 1.54) is 19.3 Å². The standard InChI is InChI=1S/C7H16O.C6H14O4/c1-3-5-6-7-8-4-2;7-1-3-9-5-6-10-4-2-8/h3-7H2,1-2H3;7-8H,1-6H2. The van der Waals surface area contributed by atoms with Gasteiger partial charge in [0.25, 0.3) is 0 Å². The van der Waals surface area contributed by atoms with Crippen LogP contribution >= 0.6 is 0 Å². The quantitative estimate of drug-likeness (QED) is 0.520. The minimum absolute atomic E-state index is 0.0417. The Morgan fingerprint density at radius 1 is 0.667 bits per heavy atom. The van der Waals surface area contributed by atoms with Crippen LogP contribution in [0, 0.1) is 0 Å². The smallest absolute Gasteiger partial charge is 0.0701 e. The van der Waals surface area contributed by atoms with E-state index in [2.05, 4.69) is 6.92 Å². The van der Waals surface area contributed by atoms with Gasteiger partial charge in [-0.3, -0.25) is 0 Å². The van der Waals surface area contributed by atoms with E-state index in [0.29, 0.717) is 26.4 Å². The Balaban J connectivity index is 0. The summed E-state index contributed by atoms with van der Waals surface area (Å²) in [4.78, 5) is 0. The Morgan fingerprint density at radius 2 is 1.22 bits per heavy atom. The van der Waals surface area contributed by atoms with Crippen LogP contribution in [0.25, 0.3) is 0 Å². The van der Waals surface area contributed by atoms with E-state index >= 15 is 0 Å². The lowest BCUT2D eigenvalue weighted by molar-refractivity contribution is 0.0222. The second kappa shape index (κ2) is 22.0. The van der Waals surface area contributed by atoms with Gasteiger partial charge in [-0.2, -0.15) is 0 Å². The SMILES string of the molecule is CCCCCOCC.OCCOCCOCCO. The third-order valence-electron chi connectivity index (χ3n) is 1.94. The van der Waals surface area contributed by atoms with Crippen molar-refractivity contribution in [1.82, 2.24) is 0 Å². The van der Waals surface area contributed by atoms with Crippen molar-refractivity contribution in [2.45, 2.75) is 33.1 Å². The molecule has 0 saturated heterocycles. The summed E-state index contributed by atoms with van der Waals surface area (Å²) in [6.07, 6.45) is 3.82. The van der Waals surface area contributed by atoms with Crippen LogP contribution < -0.4 is 0 Å².